The van der Waals surface area contributed by atoms with Gasteiger partial charge in [0.05, 0.1) is 0 Å². The Labute approximate surface area is 193 Å². The maximum Gasteiger partial charge on any atom is -0.00490 e. The van der Waals surface area contributed by atoms with E-state index in [0.29, 0.717) is 0 Å². The van der Waals surface area contributed by atoms with Gasteiger partial charge in [-0.15, -0.1) is 0 Å². The van der Waals surface area contributed by atoms with Crippen LogP contribution in [0.4, 0.5) is 0 Å². The molecular weight excluding hydrogens is 362 g/mol. The zero-order chi connectivity index (χ0) is 21.8. The van der Waals surface area contributed by atoms with Gasteiger partial charge in [0.2, 0.25) is 0 Å². The number of unbranched alkanes of at least 4 members (excludes halogenated alkanes) is 24. The van der Waals surface area contributed by atoms with E-state index in [9.17, 15) is 0 Å². The maximum absolute atomic E-state index is 3.41. The second-order valence-corrected chi connectivity index (χ2v) is 9.84. The summed E-state index contributed by atoms with van der Waals surface area (Å²) in [5, 5.41) is 3.41. The van der Waals surface area contributed by atoms with Crippen LogP contribution in [0.5, 0.6) is 0 Å². The van der Waals surface area contributed by atoms with Crippen molar-refractivity contribution in [3.63, 3.8) is 0 Å². The summed E-state index contributed by atoms with van der Waals surface area (Å²) in [5.74, 6) is 0. The fourth-order valence-corrected chi connectivity index (χ4v) is 4.57. The molecule has 0 atom stereocenters. The lowest BCUT2D eigenvalue weighted by Crippen LogP contribution is -2.13. The van der Waals surface area contributed by atoms with Crippen LogP contribution in [0.25, 0.3) is 0 Å². The average molecular weight is 424 g/mol. The Balaban J connectivity index is 2.97. The molecule has 0 bridgehead atoms. The average Bonchev–Trinajstić information content (AvgIpc) is 2.76. The third-order valence-electron chi connectivity index (χ3n) is 6.71. The summed E-state index contributed by atoms with van der Waals surface area (Å²) in [6.07, 6.45) is 36.7. The van der Waals surface area contributed by atoms with E-state index in [4.69, 9.17) is 0 Å². The summed E-state index contributed by atoms with van der Waals surface area (Å²) in [4.78, 5) is 0. The van der Waals surface area contributed by atoms with Crippen LogP contribution >= 0.6 is 0 Å². The van der Waals surface area contributed by atoms with Crippen molar-refractivity contribution in [2.75, 3.05) is 13.1 Å². The first-order valence-corrected chi connectivity index (χ1v) is 14.6. The molecule has 1 N–H and O–H groups in total. The summed E-state index contributed by atoms with van der Waals surface area (Å²) in [6, 6.07) is 0. The van der Waals surface area contributed by atoms with E-state index in [1.54, 1.807) is 0 Å². The molecule has 0 fully saturated rings. The van der Waals surface area contributed by atoms with E-state index in [2.05, 4.69) is 19.2 Å². The largest absolute Gasteiger partial charge is 0.317 e. The molecule has 0 aliphatic heterocycles. The van der Waals surface area contributed by atoms with Gasteiger partial charge in [-0.25, -0.2) is 0 Å². The number of rotatable bonds is 27. The van der Waals surface area contributed by atoms with Crippen molar-refractivity contribution in [3.8, 4) is 0 Å². The van der Waals surface area contributed by atoms with Crippen LogP contribution in [0.2, 0.25) is 0 Å². The molecule has 0 amide bonds. The van der Waals surface area contributed by atoms with Crippen molar-refractivity contribution in [3.05, 3.63) is 0 Å². The Morgan fingerprint density at radius 3 is 0.767 bits per heavy atom. The van der Waals surface area contributed by atoms with E-state index in [1.165, 1.54) is 167 Å². The highest BCUT2D eigenvalue weighted by atomic mass is 14.8. The van der Waals surface area contributed by atoms with Gasteiger partial charge in [-0.05, 0) is 19.5 Å². The zero-order valence-electron chi connectivity index (χ0n) is 21.6. The van der Waals surface area contributed by atoms with Crippen molar-refractivity contribution < 1.29 is 0 Å². The van der Waals surface area contributed by atoms with Gasteiger partial charge in [0.15, 0.2) is 0 Å². The SMILES string of the molecule is CCCCCCCCCCCCCCCCCCCCCCCCCCCNCC. The van der Waals surface area contributed by atoms with Crippen LogP contribution in [0, 0.1) is 0 Å². The quantitative estimate of drug-likeness (QED) is 0.129. The molecule has 0 aliphatic rings. The normalized spacial score (nSPS) is 11.4. The Morgan fingerprint density at radius 1 is 0.300 bits per heavy atom. The lowest BCUT2D eigenvalue weighted by Gasteiger charge is -2.04. The Bertz CT molecular complexity index is 248. The molecule has 0 aromatic heterocycles. The molecule has 0 unspecified atom stereocenters. The van der Waals surface area contributed by atoms with Crippen molar-refractivity contribution >= 4 is 0 Å². The van der Waals surface area contributed by atoms with Gasteiger partial charge in [-0.2, -0.15) is 0 Å². The molecule has 0 heterocycles. The Morgan fingerprint density at radius 2 is 0.533 bits per heavy atom. The topological polar surface area (TPSA) is 12.0 Å². The standard InChI is InChI=1S/C29H61N/c1-3-5-6-7-8-9-10-11-12-13-14-15-16-17-18-19-20-21-22-23-24-25-26-27-28-29-30-4-2/h30H,3-29H2,1-2H3. The molecule has 0 aromatic rings. The van der Waals surface area contributed by atoms with E-state index >= 15 is 0 Å². The number of hydrogen-bond acceptors (Lipinski definition) is 1. The highest BCUT2D eigenvalue weighted by Gasteiger charge is 1.96. The van der Waals surface area contributed by atoms with E-state index in [1.807, 2.05) is 0 Å². The molecule has 0 saturated carbocycles. The van der Waals surface area contributed by atoms with Gasteiger partial charge in [0.1, 0.15) is 0 Å². The van der Waals surface area contributed by atoms with Crippen molar-refractivity contribution in [2.45, 2.75) is 174 Å². The van der Waals surface area contributed by atoms with E-state index in [0.717, 1.165) is 6.54 Å². The summed E-state index contributed by atoms with van der Waals surface area (Å²) < 4.78 is 0. The summed E-state index contributed by atoms with van der Waals surface area (Å²) >= 11 is 0. The molecule has 182 valence electrons. The summed E-state index contributed by atoms with van der Waals surface area (Å²) in [6.45, 7) is 6.84. The highest BCUT2D eigenvalue weighted by molar-refractivity contribution is 4.52. The number of hydrogen-bond donors (Lipinski definition) is 1. The van der Waals surface area contributed by atoms with E-state index < -0.39 is 0 Å². The van der Waals surface area contributed by atoms with Gasteiger partial charge in [0, 0.05) is 0 Å². The first kappa shape index (κ1) is 30.0. The predicted molar refractivity (Wildman–Crippen MR) is 140 cm³/mol. The second-order valence-electron chi connectivity index (χ2n) is 9.84. The fourth-order valence-electron chi connectivity index (χ4n) is 4.57. The lowest BCUT2D eigenvalue weighted by atomic mass is 10.0. The minimum Gasteiger partial charge on any atom is -0.317 e. The van der Waals surface area contributed by atoms with Gasteiger partial charge >= 0.3 is 0 Å². The van der Waals surface area contributed by atoms with Crippen LogP contribution in [0.3, 0.4) is 0 Å². The first-order chi connectivity index (χ1) is 14.9. The van der Waals surface area contributed by atoms with Crippen molar-refractivity contribution in [2.24, 2.45) is 0 Å². The van der Waals surface area contributed by atoms with Crippen LogP contribution in [0.1, 0.15) is 174 Å². The first-order valence-electron chi connectivity index (χ1n) is 14.6. The summed E-state index contributed by atoms with van der Waals surface area (Å²) in [5.41, 5.74) is 0. The molecular formula is C29H61N. The molecule has 0 spiro atoms. The number of nitrogens with one attached hydrogen (secondary N) is 1. The van der Waals surface area contributed by atoms with Crippen LogP contribution < -0.4 is 5.32 Å². The molecule has 0 rings (SSSR count). The third-order valence-corrected chi connectivity index (χ3v) is 6.71. The maximum atomic E-state index is 3.41. The zero-order valence-corrected chi connectivity index (χ0v) is 21.6. The molecule has 0 aliphatic carbocycles. The molecule has 0 aromatic carbocycles. The highest BCUT2D eigenvalue weighted by Crippen LogP contribution is 2.15. The minimum atomic E-state index is 1.12. The van der Waals surface area contributed by atoms with Gasteiger partial charge in [0.25, 0.3) is 0 Å². The van der Waals surface area contributed by atoms with E-state index in [-0.39, 0.29) is 0 Å². The second kappa shape index (κ2) is 29.0. The molecule has 1 nitrogen and oxygen atoms in total. The fraction of sp³-hybridized carbons (Fsp3) is 1.00. The molecule has 0 radical (unpaired) electrons. The smallest absolute Gasteiger partial charge is 0.00490 e. The minimum absolute atomic E-state index is 1.12. The molecule has 0 saturated heterocycles. The molecule has 30 heavy (non-hydrogen) atoms. The van der Waals surface area contributed by atoms with Crippen LogP contribution in [-0.2, 0) is 0 Å². The van der Waals surface area contributed by atoms with Gasteiger partial charge in [-0.3, -0.25) is 0 Å². The predicted octanol–water partition coefficient (Wildman–Crippen LogP) is 10.4. The van der Waals surface area contributed by atoms with Crippen molar-refractivity contribution in [1.82, 2.24) is 5.32 Å². The van der Waals surface area contributed by atoms with Gasteiger partial charge < -0.3 is 5.32 Å². The van der Waals surface area contributed by atoms with Crippen LogP contribution in [-0.4, -0.2) is 13.1 Å². The van der Waals surface area contributed by atoms with Crippen molar-refractivity contribution in [1.29, 1.82) is 0 Å². The summed E-state index contributed by atoms with van der Waals surface area (Å²) in [7, 11) is 0. The Kier molecular flexibility index (Phi) is 28.9. The monoisotopic (exact) mass is 423 g/mol. The van der Waals surface area contributed by atoms with Crippen LogP contribution in [0.15, 0.2) is 0 Å². The third kappa shape index (κ3) is 28.0. The molecule has 1 heteroatoms. The van der Waals surface area contributed by atoms with Gasteiger partial charge in [-0.1, -0.05) is 168 Å². The lowest BCUT2D eigenvalue weighted by molar-refractivity contribution is 0.515. The Hall–Kier alpha value is -0.0400.